The predicted molar refractivity (Wildman–Crippen MR) is 101 cm³/mol. The number of benzene rings is 1. The average molecular weight is 335 g/mol. The molecule has 3 aromatic rings. The number of rotatable bonds is 4. The van der Waals surface area contributed by atoms with Gasteiger partial charge in [0, 0.05) is 41.1 Å². The Balaban J connectivity index is 1.68. The third-order valence-electron chi connectivity index (χ3n) is 5.64. The maximum atomic E-state index is 13.4. The predicted octanol–water partition coefficient (Wildman–Crippen LogP) is 4.22. The monoisotopic (exact) mass is 335 g/mol. The largest absolute Gasteiger partial charge is 0.358 e. The number of H-pyrrole nitrogens is 1. The van der Waals surface area contributed by atoms with Crippen LogP contribution in [-0.4, -0.2) is 32.8 Å². The zero-order valence-corrected chi connectivity index (χ0v) is 15.1. The Morgan fingerprint density at radius 1 is 1.24 bits per heavy atom. The first-order valence-corrected chi connectivity index (χ1v) is 9.06. The van der Waals surface area contributed by atoms with Crippen LogP contribution in [0, 0.1) is 6.92 Å². The molecule has 4 rings (SSSR count). The molecule has 1 aliphatic heterocycles. The summed E-state index contributed by atoms with van der Waals surface area (Å²) in [5.41, 5.74) is 4.15. The first-order chi connectivity index (χ1) is 12.1. The van der Waals surface area contributed by atoms with Crippen LogP contribution in [0.3, 0.4) is 0 Å². The van der Waals surface area contributed by atoms with Crippen molar-refractivity contribution in [2.75, 3.05) is 6.54 Å². The number of para-hydroxylation sites is 1. The highest BCUT2D eigenvalue weighted by Crippen LogP contribution is 2.35. The van der Waals surface area contributed by atoms with Crippen LogP contribution in [0.5, 0.6) is 0 Å². The molecule has 0 radical (unpaired) electrons. The van der Waals surface area contributed by atoms with Crippen molar-refractivity contribution >= 4 is 16.7 Å². The van der Waals surface area contributed by atoms with Crippen molar-refractivity contribution in [3.8, 4) is 0 Å². The summed E-state index contributed by atoms with van der Waals surface area (Å²) >= 11 is 0. The number of aromatic amines is 1. The van der Waals surface area contributed by atoms with Gasteiger partial charge in [-0.05, 0) is 51.4 Å². The van der Waals surface area contributed by atoms with Gasteiger partial charge in [-0.1, -0.05) is 18.2 Å². The van der Waals surface area contributed by atoms with E-state index in [1.165, 1.54) is 5.69 Å². The maximum absolute atomic E-state index is 13.4. The fraction of sp³-hybridized carbons (Fsp3) is 0.381. The zero-order valence-electron chi connectivity index (χ0n) is 15.1. The highest BCUT2D eigenvalue weighted by Gasteiger charge is 2.35. The molecule has 130 valence electrons. The van der Waals surface area contributed by atoms with E-state index in [9.17, 15) is 4.79 Å². The zero-order chi connectivity index (χ0) is 17.6. The molecule has 1 saturated heterocycles. The molecule has 2 aromatic heterocycles. The molecule has 4 nitrogen and oxygen atoms in total. The lowest BCUT2D eigenvalue weighted by molar-refractivity contribution is 0.0817. The van der Waals surface area contributed by atoms with Gasteiger partial charge in [0.2, 0.25) is 0 Å². The normalized spacial score (nSPS) is 19.6. The van der Waals surface area contributed by atoms with E-state index in [4.69, 9.17) is 0 Å². The quantitative estimate of drug-likeness (QED) is 0.725. The van der Waals surface area contributed by atoms with Crippen molar-refractivity contribution in [3.63, 3.8) is 0 Å². The number of fused-ring (bicyclic) bond motifs is 1. The van der Waals surface area contributed by atoms with Crippen LogP contribution < -0.4 is 0 Å². The van der Waals surface area contributed by atoms with E-state index in [1.54, 1.807) is 0 Å². The van der Waals surface area contributed by atoms with Crippen LogP contribution in [0.25, 0.3) is 10.9 Å². The number of ketones is 1. The van der Waals surface area contributed by atoms with Gasteiger partial charge < -0.3 is 9.55 Å². The summed E-state index contributed by atoms with van der Waals surface area (Å²) < 4.78 is 2.18. The van der Waals surface area contributed by atoms with Crippen LogP contribution in [0.4, 0.5) is 0 Å². The Morgan fingerprint density at radius 3 is 2.80 bits per heavy atom. The molecule has 1 fully saturated rings. The van der Waals surface area contributed by atoms with E-state index in [2.05, 4.69) is 46.8 Å². The summed E-state index contributed by atoms with van der Waals surface area (Å²) in [6.07, 6.45) is 4.34. The van der Waals surface area contributed by atoms with E-state index in [1.807, 2.05) is 31.2 Å². The van der Waals surface area contributed by atoms with E-state index in [0.29, 0.717) is 6.04 Å². The Bertz CT molecular complexity index is 920. The van der Waals surface area contributed by atoms with Crippen LogP contribution in [0.2, 0.25) is 0 Å². The Hall–Kier alpha value is -2.33. The minimum atomic E-state index is -0.125. The van der Waals surface area contributed by atoms with E-state index in [0.717, 1.165) is 41.5 Å². The topological polar surface area (TPSA) is 41.0 Å². The van der Waals surface area contributed by atoms with Gasteiger partial charge in [-0.3, -0.25) is 9.69 Å². The fourth-order valence-electron chi connectivity index (χ4n) is 4.34. The second-order valence-electron chi connectivity index (χ2n) is 7.15. The summed E-state index contributed by atoms with van der Waals surface area (Å²) in [4.78, 5) is 19.1. The van der Waals surface area contributed by atoms with Crippen molar-refractivity contribution in [3.05, 3.63) is 59.5 Å². The second kappa shape index (κ2) is 6.19. The summed E-state index contributed by atoms with van der Waals surface area (Å²) in [6.45, 7) is 5.04. The standard InChI is InChI=1S/C21H25N3O/c1-14-20(16-8-4-5-9-17(16)22-14)21(25)15(2)24-13-7-11-19(24)18-10-6-12-23(18)3/h4-6,8-10,12,15,19,22H,7,11,13H2,1-3H3. The van der Waals surface area contributed by atoms with Gasteiger partial charge in [0.25, 0.3) is 0 Å². The van der Waals surface area contributed by atoms with Crippen LogP contribution >= 0.6 is 0 Å². The van der Waals surface area contributed by atoms with Crippen molar-refractivity contribution in [1.29, 1.82) is 0 Å². The van der Waals surface area contributed by atoms with Crippen molar-refractivity contribution in [2.24, 2.45) is 7.05 Å². The SMILES string of the molecule is Cc1[nH]c2ccccc2c1C(=O)C(C)N1CCCC1c1cccn1C. The van der Waals surface area contributed by atoms with Gasteiger partial charge in [0.05, 0.1) is 12.1 Å². The number of nitrogens with one attached hydrogen (secondary N) is 1. The number of carbonyl (C=O) groups excluding carboxylic acids is 1. The lowest BCUT2D eigenvalue weighted by Gasteiger charge is -2.30. The number of nitrogens with zero attached hydrogens (tertiary/aromatic N) is 2. The van der Waals surface area contributed by atoms with Crippen molar-refractivity contribution in [1.82, 2.24) is 14.5 Å². The Kier molecular flexibility index (Phi) is 4.00. The van der Waals surface area contributed by atoms with Crippen molar-refractivity contribution in [2.45, 2.75) is 38.8 Å². The van der Waals surface area contributed by atoms with Gasteiger partial charge in [-0.25, -0.2) is 0 Å². The molecular weight excluding hydrogens is 310 g/mol. The number of hydrogen-bond acceptors (Lipinski definition) is 2. The molecular formula is C21H25N3O. The summed E-state index contributed by atoms with van der Waals surface area (Å²) in [6, 6.07) is 12.5. The lowest BCUT2D eigenvalue weighted by Crippen LogP contribution is -2.39. The number of Topliss-reactive ketones (excluding diaryl/α,β-unsaturated/α-hetero) is 1. The van der Waals surface area contributed by atoms with Gasteiger partial charge in [-0.2, -0.15) is 0 Å². The third kappa shape index (κ3) is 2.61. The molecule has 1 aliphatic rings. The van der Waals surface area contributed by atoms with E-state index < -0.39 is 0 Å². The average Bonchev–Trinajstić information content (AvgIpc) is 3.30. The molecule has 2 atom stereocenters. The molecule has 0 amide bonds. The minimum Gasteiger partial charge on any atom is -0.358 e. The molecule has 25 heavy (non-hydrogen) atoms. The number of carbonyl (C=O) groups is 1. The molecule has 0 spiro atoms. The molecule has 1 N–H and O–H groups in total. The fourth-order valence-corrected chi connectivity index (χ4v) is 4.34. The van der Waals surface area contributed by atoms with Crippen LogP contribution in [-0.2, 0) is 7.05 Å². The maximum Gasteiger partial charge on any atom is 0.182 e. The van der Waals surface area contributed by atoms with E-state index >= 15 is 0 Å². The highest BCUT2D eigenvalue weighted by atomic mass is 16.1. The number of hydrogen-bond donors (Lipinski definition) is 1. The second-order valence-corrected chi connectivity index (χ2v) is 7.15. The Labute approximate surface area is 148 Å². The molecule has 0 aliphatic carbocycles. The molecule has 1 aromatic carbocycles. The first-order valence-electron chi connectivity index (χ1n) is 9.06. The number of aryl methyl sites for hydroxylation is 2. The molecule has 4 heteroatoms. The number of aromatic nitrogens is 2. The van der Waals surface area contributed by atoms with Crippen LogP contribution in [0.1, 0.15) is 47.6 Å². The number of likely N-dealkylation sites (tertiary alicyclic amines) is 1. The molecule has 2 unspecified atom stereocenters. The van der Waals surface area contributed by atoms with Gasteiger partial charge in [0.1, 0.15) is 0 Å². The van der Waals surface area contributed by atoms with Crippen LogP contribution in [0.15, 0.2) is 42.6 Å². The first kappa shape index (κ1) is 16.2. The van der Waals surface area contributed by atoms with Gasteiger partial charge in [-0.15, -0.1) is 0 Å². The van der Waals surface area contributed by atoms with Crippen molar-refractivity contribution < 1.29 is 4.79 Å². The molecule has 0 bridgehead atoms. The summed E-state index contributed by atoms with van der Waals surface area (Å²) in [5, 5.41) is 1.03. The molecule has 0 saturated carbocycles. The van der Waals surface area contributed by atoms with E-state index in [-0.39, 0.29) is 11.8 Å². The highest BCUT2D eigenvalue weighted by molar-refractivity contribution is 6.11. The summed E-state index contributed by atoms with van der Waals surface area (Å²) in [5.74, 6) is 0.219. The minimum absolute atomic E-state index is 0.125. The third-order valence-corrected chi connectivity index (χ3v) is 5.64. The van der Waals surface area contributed by atoms with Gasteiger partial charge >= 0.3 is 0 Å². The van der Waals surface area contributed by atoms with Gasteiger partial charge in [0.15, 0.2) is 5.78 Å². The molecule has 3 heterocycles. The Morgan fingerprint density at radius 2 is 2.04 bits per heavy atom. The lowest BCUT2D eigenvalue weighted by atomic mass is 10.00. The summed E-state index contributed by atoms with van der Waals surface area (Å²) in [7, 11) is 2.09. The smallest absolute Gasteiger partial charge is 0.182 e.